The number of halogens is 1. The molecule has 0 fully saturated rings. The van der Waals surface area contributed by atoms with Crippen molar-refractivity contribution in [3.8, 4) is 11.3 Å². The van der Waals surface area contributed by atoms with Crippen LogP contribution in [0.5, 0.6) is 0 Å². The summed E-state index contributed by atoms with van der Waals surface area (Å²) in [7, 11) is 0. The van der Waals surface area contributed by atoms with E-state index >= 15 is 4.39 Å². The van der Waals surface area contributed by atoms with Gasteiger partial charge in [0.15, 0.2) is 4.96 Å². The number of imidazole rings is 1. The molecule has 1 aliphatic rings. The highest BCUT2D eigenvalue weighted by Gasteiger charge is 2.27. The van der Waals surface area contributed by atoms with Gasteiger partial charge in [0.05, 0.1) is 28.1 Å². The number of nitrogens with zero attached hydrogens (tertiary/aromatic N) is 3. The summed E-state index contributed by atoms with van der Waals surface area (Å²) in [6, 6.07) is 8.69. The minimum atomic E-state index is -0.576. The van der Waals surface area contributed by atoms with E-state index in [9.17, 15) is 9.59 Å². The monoisotopic (exact) mass is 495 g/mol. The standard InChI is InChI=1S/C26H26FN3O4S/c1-5-33-23(31)16-6-7-21-22(12-16)35-24-28-20(14-30(21)24)18-10-17-13-29(25(32)34-26(2,3)4)9-8-15(17)11-19(18)27/h6-7,10-12,14H,5,8-9,13H2,1-4H3. The molecule has 0 aliphatic carbocycles. The molecule has 0 bridgehead atoms. The Hall–Kier alpha value is -3.46. The Morgan fingerprint density at radius 2 is 1.97 bits per heavy atom. The first-order chi connectivity index (χ1) is 16.6. The normalized spacial score (nSPS) is 13.8. The Bertz CT molecular complexity index is 1470. The number of hydrogen-bond donors (Lipinski definition) is 0. The van der Waals surface area contributed by atoms with Crippen LogP contribution in [0.2, 0.25) is 0 Å². The molecule has 5 rings (SSSR count). The average Bonchev–Trinajstić information content (AvgIpc) is 3.34. The molecule has 0 saturated carbocycles. The number of carbonyl (C=O) groups is 2. The fourth-order valence-corrected chi connectivity index (χ4v) is 5.28. The van der Waals surface area contributed by atoms with Gasteiger partial charge in [0, 0.05) is 24.8 Å². The molecule has 0 unspecified atom stereocenters. The first kappa shape index (κ1) is 23.3. The number of ether oxygens (including phenoxy) is 2. The van der Waals surface area contributed by atoms with Crippen LogP contribution in [0, 0.1) is 5.82 Å². The highest BCUT2D eigenvalue weighted by Crippen LogP contribution is 2.33. The SMILES string of the molecule is CCOC(=O)c1ccc2c(c1)sc1nc(-c3cc4c(cc3F)CCN(C(=O)OC(C)(C)C)C4)cn12. The zero-order chi connectivity index (χ0) is 24.9. The second kappa shape index (κ2) is 8.64. The smallest absolute Gasteiger partial charge is 0.410 e. The maximum Gasteiger partial charge on any atom is 0.410 e. The van der Waals surface area contributed by atoms with E-state index in [-0.39, 0.29) is 17.9 Å². The van der Waals surface area contributed by atoms with Crippen LogP contribution in [0.4, 0.5) is 9.18 Å². The molecule has 7 nitrogen and oxygen atoms in total. The summed E-state index contributed by atoms with van der Waals surface area (Å²) in [6.07, 6.45) is 2.00. The average molecular weight is 496 g/mol. The number of thiazole rings is 1. The Morgan fingerprint density at radius 3 is 2.71 bits per heavy atom. The summed E-state index contributed by atoms with van der Waals surface area (Å²) in [5.74, 6) is -0.702. The summed E-state index contributed by atoms with van der Waals surface area (Å²) >= 11 is 1.42. The molecule has 2 aromatic heterocycles. The van der Waals surface area contributed by atoms with Gasteiger partial charge >= 0.3 is 12.1 Å². The topological polar surface area (TPSA) is 73.1 Å². The quantitative estimate of drug-likeness (QED) is 0.335. The van der Waals surface area contributed by atoms with Gasteiger partial charge in [0.2, 0.25) is 0 Å². The van der Waals surface area contributed by atoms with Gasteiger partial charge in [-0.2, -0.15) is 0 Å². The molecule has 35 heavy (non-hydrogen) atoms. The van der Waals surface area contributed by atoms with Crippen LogP contribution in [0.15, 0.2) is 36.5 Å². The van der Waals surface area contributed by atoms with Gasteiger partial charge in [-0.25, -0.2) is 19.0 Å². The van der Waals surface area contributed by atoms with Crippen molar-refractivity contribution in [1.82, 2.24) is 14.3 Å². The van der Waals surface area contributed by atoms with E-state index < -0.39 is 5.60 Å². The zero-order valence-corrected chi connectivity index (χ0v) is 20.9. The predicted molar refractivity (Wildman–Crippen MR) is 132 cm³/mol. The third kappa shape index (κ3) is 4.48. The maximum absolute atomic E-state index is 15.1. The minimum Gasteiger partial charge on any atom is -0.462 e. The summed E-state index contributed by atoms with van der Waals surface area (Å²) in [4.78, 5) is 31.6. The van der Waals surface area contributed by atoms with Gasteiger partial charge in [0.25, 0.3) is 0 Å². The van der Waals surface area contributed by atoms with Crippen LogP contribution in [-0.4, -0.2) is 45.1 Å². The molecule has 1 amide bonds. The Morgan fingerprint density at radius 1 is 1.17 bits per heavy atom. The van der Waals surface area contributed by atoms with Crippen LogP contribution < -0.4 is 0 Å². The van der Waals surface area contributed by atoms with Gasteiger partial charge in [0.1, 0.15) is 11.4 Å². The first-order valence-corrected chi connectivity index (χ1v) is 12.3. The van der Waals surface area contributed by atoms with E-state index in [2.05, 4.69) is 4.98 Å². The highest BCUT2D eigenvalue weighted by molar-refractivity contribution is 7.23. The molecular weight excluding hydrogens is 469 g/mol. The highest BCUT2D eigenvalue weighted by atomic mass is 32.1. The zero-order valence-electron chi connectivity index (χ0n) is 20.1. The maximum atomic E-state index is 15.1. The van der Waals surface area contributed by atoms with Crippen LogP contribution in [-0.2, 0) is 22.4 Å². The van der Waals surface area contributed by atoms with E-state index in [1.54, 1.807) is 42.3 Å². The van der Waals surface area contributed by atoms with Crippen LogP contribution in [0.1, 0.15) is 49.2 Å². The number of hydrogen-bond acceptors (Lipinski definition) is 6. The van der Waals surface area contributed by atoms with E-state index in [4.69, 9.17) is 9.47 Å². The van der Waals surface area contributed by atoms with Crippen molar-refractivity contribution >= 4 is 38.6 Å². The first-order valence-electron chi connectivity index (χ1n) is 11.5. The molecule has 182 valence electrons. The molecule has 0 atom stereocenters. The van der Waals surface area contributed by atoms with Gasteiger partial charge in [-0.15, -0.1) is 0 Å². The van der Waals surface area contributed by atoms with Crippen molar-refractivity contribution in [2.75, 3.05) is 13.2 Å². The second-order valence-corrected chi connectivity index (χ2v) is 10.5. The lowest BCUT2D eigenvalue weighted by molar-refractivity contribution is 0.0223. The summed E-state index contributed by atoms with van der Waals surface area (Å²) < 4.78 is 28.5. The lowest BCUT2D eigenvalue weighted by Gasteiger charge is -2.31. The largest absolute Gasteiger partial charge is 0.462 e. The molecular formula is C26H26FN3O4S. The van der Waals surface area contributed by atoms with Crippen LogP contribution in [0.25, 0.3) is 26.4 Å². The summed E-state index contributed by atoms with van der Waals surface area (Å²) in [6.45, 7) is 8.44. The number of esters is 1. The van der Waals surface area contributed by atoms with Crippen molar-refractivity contribution in [1.29, 1.82) is 0 Å². The van der Waals surface area contributed by atoms with Gasteiger partial charge in [-0.1, -0.05) is 11.3 Å². The molecule has 3 heterocycles. The minimum absolute atomic E-state index is 0.315. The molecule has 1 aliphatic heterocycles. The van der Waals surface area contributed by atoms with Gasteiger partial charge in [-0.05, 0) is 75.6 Å². The number of carbonyl (C=O) groups excluding carboxylic acids is 2. The Kier molecular flexibility index (Phi) is 5.75. The molecule has 0 radical (unpaired) electrons. The van der Waals surface area contributed by atoms with Crippen LogP contribution in [0.3, 0.4) is 0 Å². The number of amides is 1. The van der Waals surface area contributed by atoms with Crippen LogP contribution >= 0.6 is 11.3 Å². The lowest BCUT2D eigenvalue weighted by Crippen LogP contribution is -2.39. The fourth-order valence-electron chi connectivity index (χ4n) is 4.23. The molecule has 4 aromatic rings. The van der Waals surface area contributed by atoms with E-state index in [0.717, 1.165) is 21.3 Å². The van der Waals surface area contributed by atoms with Gasteiger partial charge in [-0.3, -0.25) is 4.40 Å². The molecule has 2 aromatic carbocycles. The molecule has 0 N–H and O–H groups in total. The molecule has 0 saturated heterocycles. The van der Waals surface area contributed by atoms with Crippen molar-refractivity contribution in [3.63, 3.8) is 0 Å². The molecule has 9 heteroatoms. The van der Waals surface area contributed by atoms with Crippen molar-refractivity contribution in [2.24, 2.45) is 0 Å². The Balaban J connectivity index is 1.46. The van der Waals surface area contributed by atoms with E-state index in [1.165, 1.54) is 11.3 Å². The third-order valence-electron chi connectivity index (χ3n) is 5.83. The third-order valence-corrected chi connectivity index (χ3v) is 6.85. The molecule has 0 spiro atoms. The Labute approximate surface area is 206 Å². The van der Waals surface area contributed by atoms with Crippen molar-refractivity contribution in [2.45, 2.75) is 46.3 Å². The predicted octanol–water partition coefficient (Wildman–Crippen LogP) is 5.83. The summed E-state index contributed by atoms with van der Waals surface area (Å²) in [5, 5.41) is 0. The number of aromatic nitrogens is 2. The second-order valence-electron chi connectivity index (χ2n) is 9.54. The fraction of sp³-hybridized carbons (Fsp3) is 0.346. The number of fused-ring (bicyclic) bond motifs is 4. The van der Waals surface area contributed by atoms with E-state index in [1.807, 2.05) is 31.2 Å². The lowest BCUT2D eigenvalue weighted by atomic mass is 9.96. The number of rotatable bonds is 3. The van der Waals surface area contributed by atoms with Crippen molar-refractivity contribution < 1.29 is 23.5 Å². The summed E-state index contributed by atoms with van der Waals surface area (Å²) in [5.41, 5.74) is 3.48. The van der Waals surface area contributed by atoms with Crippen molar-refractivity contribution in [3.05, 3.63) is 59.0 Å². The number of benzene rings is 2. The van der Waals surface area contributed by atoms with Gasteiger partial charge < -0.3 is 14.4 Å². The van der Waals surface area contributed by atoms with E-state index in [0.29, 0.717) is 47.9 Å².